The lowest BCUT2D eigenvalue weighted by Gasteiger charge is -2.20. The second-order valence-corrected chi connectivity index (χ2v) is 6.82. The normalized spacial score (nSPS) is 14.2. The molecule has 2 N–H and O–H groups in total. The lowest BCUT2D eigenvalue weighted by Crippen LogP contribution is -2.23. The average Bonchev–Trinajstić information content (AvgIpc) is 2.98. The number of benzene rings is 1. The molecule has 11 heteroatoms. The fourth-order valence-electron chi connectivity index (χ4n) is 3.06. The highest BCUT2D eigenvalue weighted by Gasteiger charge is 2.38. The van der Waals surface area contributed by atoms with E-state index in [1.165, 1.54) is 11.3 Å². The summed E-state index contributed by atoms with van der Waals surface area (Å²) >= 11 is 0. The number of carboxylic acid groups (broad SMARTS) is 1. The van der Waals surface area contributed by atoms with Crippen molar-refractivity contribution < 1.29 is 37.7 Å². The summed E-state index contributed by atoms with van der Waals surface area (Å²) in [6.45, 7) is 4.67. The maximum Gasteiger partial charge on any atom is 0.490 e. The standard InChI is InChI=1S/C18H25N3O3.C2HF3O2/c1-23-16-5-3-15(4-6-16)11-20-7-2-8-21-14-19-17(18(21)12-20)13-24-10-9-22;3-2(4,5)1(6)7/h3-6,14,22H,2,7-13H2,1H3;(H,6,7). The Morgan fingerprint density at radius 3 is 2.48 bits per heavy atom. The second kappa shape index (κ2) is 11.7. The molecular weight excluding hydrogens is 419 g/mol. The molecule has 2 aromatic rings. The van der Waals surface area contributed by atoms with E-state index in [-0.39, 0.29) is 6.61 Å². The summed E-state index contributed by atoms with van der Waals surface area (Å²) in [4.78, 5) is 15.8. The predicted molar refractivity (Wildman–Crippen MR) is 104 cm³/mol. The molecule has 0 aliphatic carbocycles. The maximum absolute atomic E-state index is 10.6. The molecule has 8 nitrogen and oxygen atoms in total. The van der Waals surface area contributed by atoms with Crippen molar-refractivity contribution in [1.29, 1.82) is 0 Å². The van der Waals surface area contributed by atoms with E-state index < -0.39 is 12.1 Å². The minimum absolute atomic E-state index is 0.0413. The summed E-state index contributed by atoms with van der Waals surface area (Å²) in [5.41, 5.74) is 3.48. The van der Waals surface area contributed by atoms with Crippen molar-refractivity contribution in [3.05, 3.63) is 47.5 Å². The van der Waals surface area contributed by atoms with Crippen LogP contribution in [0.25, 0.3) is 0 Å². The van der Waals surface area contributed by atoms with Crippen LogP contribution in [0, 0.1) is 0 Å². The van der Waals surface area contributed by atoms with Crippen molar-refractivity contribution in [3.8, 4) is 5.75 Å². The van der Waals surface area contributed by atoms with Gasteiger partial charge in [0.05, 0.1) is 44.6 Å². The van der Waals surface area contributed by atoms with Gasteiger partial charge in [0, 0.05) is 26.2 Å². The molecule has 3 rings (SSSR count). The van der Waals surface area contributed by atoms with Crippen LogP contribution in [0.5, 0.6) is 5.75 Å². The van der Waals surface area contributed by atoms with Crippen LogP contribution in [-0.2, 0) is 35.8 Å². The Bertz CT molecular complexity index is 824. The summed E-state index contributed by atoms with van der Waals surface area (Å²) in [6.07, 6.45) is -2.07. The molecule has 0 saturated carbocycles. The van der Waals surface area contributed by atoms with Gasteiger partial charge < -0.3 is 24.3 Å². The summed E-state index contributed by atoms with van der Waals surface area (Å²) in [5, 5.41) is 16.0. The topological polar surface area (TPSA) is 97.0 Å². The zero-order valence-corrected chi connectivity index (χ0v) is 17.1. The van der Waals surface area contributed by atoms with E-state index in [1.54, 1.807) is 7.11 Å². The van der Waals surface area contributed by atoms with Crippen LogP contribution in [0.4, 0.5) is 13.2 Å². The smallest absolute Gasteiger partial charge is 0.490 e. The number of aliphatic carboxylic acids is 1. The third-order valence-electron chi connectivity index (χ3n) is 4.56. The van der Waals surface area contributed by atoms with E-state index in [9.17, 15) is 13.2 Å². The molecule has 0 atom stereocenters. The molecule has 1 aliphatic heterocycles. The van der Waals surface area contributed by atoms with Gasteiger partial charge in [0.1, 0.15) is 5.75 Å². The number of ether oxygens (including phenoxy) is 2. The first-order valence-electron chi connectivity index (χ1n) is 9.61. The Labute approximate surface area is 177 Å². The van der Waals surface area contributed by atoms with E-state index >= 15 is 0 Å². The van der Waals surface area contributed by atoms with Crippen LogP contribution in [-0.4, -0.2) is 63.7 Å². The third kappa shape index (κ3) is 7.85. The largest absolute Gasteiger partial charge is 0.497 e. The van der Waals surface area contributed by atoms with Crippen molar-refractivity contribution in [2.24, 2.45) is 0 Å². The van der Waals surface area contributed by atoms with Crippen molar-refractivity contribution in [1.82, 2.24) is 14.5 Å². The second-order valence-electron chi connectivity index (χ2n) is 6.82. The van der Waals surface area contributed by atoms with Crippen LogP contribution in [0.15, 0.2) is 30.6 Å². The predicted octanol–water partition coefficient (Wildman–Crippen LogP) is 2.44. The van der Waals surface area contributed by atoms with Crippen LogP contribution in [0.2, 0.25) is 0 Å². The van der Waals surface area contributed by atoms with Crippen LogP contribution in [0.1, 0.15) is 23.4 Å². The van der Waals surface area contributed by atoms with Gasteiger partial charge in [0.25, 0.3) is 0 Å². The molecular formula is C20H26F3N3O5. The Morgan fingerprint density at radius 1 is 1.23 bits per heavy atom. The van der Waals surface area contributed by atoms with E-state index in [2.05, 4.69) is 26.6 Å². The number of fused-ring (bicyclic) bond motifs is 1. The summed E-state index contributed by atoms with van der Waals surface area (Å²) < 4.78 is 44.6. The maximum atomic E-state index is 10.6. The fourth-order valence-corrected chi connectivity index (χ4v) is 3.06. The highest BCUT2D eigenvalue weighted by molar-refractivity contribution is 5.73. The molecule has 1 aromatic carbocycles. The quantitative estimate of drug-likeness (QED) is 0.632. The van der Waals surface area contributed by atoms with Crippen molar-refractivity contribution in [2.75, 3.05) is 26.9 Å². The number of aromatic nitrogens is 2. The van der Waals surface area contributed by atoms with E-state index in [4.69, 9.17) is 24.5 Å². The molecule has 172 valence electrons. The molecule has 1 aromatic heterocycles. The number of nitrogens with zero attached hydrogens (tertiary/aromatic N) is 3. The average molecular weight is 445 g/mol. The number of methoxy groups -OCH3 is 1. The number of carboxylic acids is 1. The van der Waals surface area contributed by atoms with Crippen LogP contribution < -0.4 is 4.74 Å². The van der Waals surface area contributed by atoms with E-state index in [0.717, 1.165) is 44.0 Å². The first-order valence-corrected chi connectivity index (χ1v) is 9.61. The molecule has 0 amide bonds. The number of rotatable bonds is 7. The highest BCUT2D eigenvalue weighted by Crippen LogP contribution is 2.20. The van der Waals surface area contributed by atoms with Crippen LogP contribution in [0.3, 0.4) is 0 Å². The Hall–Kier alpha value is -2.63. The zero-order valence-electron chi connectivity index (χ0n) is 17.1. The number of alkyl halides is 3. The monoisotopic (exact) mass is 445 g/mol. The molecule has 0 spiro atoms. The van der Waals surface area contributed by atoms with Gasteiger partial charge >= 0.3 is 12.1 Å². The Morgan fingerprint density at radius 2 is 1.90 bits per heavy atom. The molecule has 1 aliphatic rings. The number of aliphatic hydroxyl groups excluding tert-OH is 1. The first kappa shape index (κ1) is 24.6. The van der Waals surface area contributed by atoms with Gasteiger partial charge in [0.15, 0.2) is 0 Å². The lowest BCUT2D eigenvalue weighted by molar-refractivity contribution is -0.192. The first-order chi connectivity index (χ1) is 14.7. The van der Waals surface area contributed by atoms with Gasteiger partial charge in [-0.1, -0.05) is 12.1 Å². The van der Waals surface area contributed by atoms with Gasteiger partial charge in [-0.2, -0.15) is 13.2 Å². The number of hydrogen-bond donors (Lipinski definition) is 2. The van der Waals surface area contributed by atoms with Gasteiger partial charge in [-0.25, -0.2) is 9.78 Å². The fraction of sp³-hybridized carbons (Fsp3) is 0.500. The highest BCUT2D eigenvalue weighted by atomic mass is 19.4. The van der Waals surface area contributed by atoms with E-state index in [1.807, 2.05) is 18.5 Å². The number of imidazole rings is 1. The number of hydrogen-bond acceptors (Lipinski definition) is 6. The van der Waals surface area contributed by atoms with Crippen molar-refractivity contribution in [3.63, 3.8) is 0 Å². The Balaban J connectivity index is 0.000000423. The number of aliphatic hydroxyl groups is 1. The third-order valence-corrected chi connectivity index (χ3v) is 4.56. The molecule has 0 bridgehead atoms. The summed E-state index contributed by atoms with van der Waals surface area (Å²) in [6, 6.07) is 8.25. The minimum atomic E-state index is -5.08. The van der Waals surface area contributed by atoms with Crippen molar-refractivity contribution >= 4 is 5.97 Å². The number of carbonyl (C=O) groups is 1. The Kier molecular flexibility index (Phi) is 9.28. The zero-order chi connectivity index (χ0) is 22.9. The van der Waals surface area contributed by atoms with E-state index in [0.29, 0.717) is 13.2 Å². The van der Waals surface area contributed by atoms with Gasteiger partial charge in [0.2, 0.25) is 0 Å². The number of aryl methyl sites for hydroxylation is 1. The molecule has 31 heavy (non-hydrogen) atoms. The lowest BCUT2D eigenvalue weighted by atomic mass is 10.2. The van der Waals surface area contributed by atoms with Gasteiger partial charge in [-0.3, -0.25) is 4.90 Å². The summed E-state index contributed by atoms with van der Waals surface area (Å²) in [7, 11) is 1.69. The van der Waals surface area contributed by atoms with Crippen LogP contribution >= 0.6 is 0 Å². The SMILES string of the molecule is COc1ccc(CN2CCCn3cnc(COCCO)c3C2)cc1.O=C(O)C(F)(F)F. The van der Waals surface area contributed by atoms with Crippen molar-refractivity contribution in [2.45, 2.75) is 38.8 Å². The molecule has 0 radical (unpaired) electrons. The number of halogens is 3. The molecule has 2 heterocycles. The van der Waals surface area contributed by atoms with Gasteiger partial charge in [-0.15, -0.1) is 0 Å². The molecule has 0 fully saturated rings. The minimum Gasteiger partial charge on any atom is -0.497 e. The van der Waals surface area contributed by atoms with Gasteiger partial charge in [-0.05, 0) is 24.1 Å². The summed E-state index contributed by atoms with van der Waals surface area (Å²) in [5.74, 6) is -1.87. The molecule has 0 saturated heterocycles. The molecule has 0 unspecified atom stereocenters.